The van der Waals surface area contributed by atoms with E-state index >= 15 is 0 Å². The molecule has 2 aromatic carbocycles. The Bertz CT molecular complexity index is 908. The van der Waals surface area contributed by atoms with E-state index in [0.717, 1.165) is 37.0 Å². The van der Waals surface area contributed by atoms with E-state index in [4.69, 9.17) is 4.42 Å². The lowest BCUT2D eigenvalue weighted by atomic mass is 9.95. The first-order valence-corrected chi connectivity index (χ1v) is 9.52. The fraction of sp³-hybridized carbons (Fsp3) is 0.364. The van der Waals surface area contributed by atoms with Gasteiger partial charge in [-0.3, -0.25) is 4.79 Å². The van der Waals surface area contributed by atoms with Crippen LogP contribution in [0.1, 0.15) is 24.0 Å². The van der Waals surface area contributed by atoms with Crippen molar-refractivity contribution < 1.29 is 9.21 Å². The minimum absolute atomic E-state index is 0.0691. The Morgan fingerprint density at radius 1 is 1.15 bits per heavy atom. The van der Waals surface area contributed by atoms with Gasteiger partial charge in [0.1, 0.15) is 5.52 Å². The van der Waals surface area contributed by atoms with Crippen LogP contribution < -0.4 is 4.90 Å². The van der Waals surface area contributed by atoms with Crippen molar-refractivity contribution in [1.29, 1.82) is 0 Å². The average molecular weight is 363 g/mol. The van der Waals surface area contributed by atoms with Crippen LogP contribution in [0.3, 0.4) is 0 Å². The van der Waals surface area contributed by atoms with Crippen LogP contribution >= 0.6 is 0 Å². The monoisotopic (exact) mass is 363 g/mol. The molecular formula is C22H25N3O2. The van der Waals surface area contributed by atoms with Gasteiger partial charge in [-0.2, -0.15) is 4.98 Å². The lowest BCUT2D eigenvalue weighted by Crippen LogP contribution is -2.41. The van der Waals surface area contributed by atoms with E-state index < -0.39 is 0 Å². The number of amides is 1. The fourth-order valence-corrected chi connectivity index (χ4v) is 3.75. The first kappa shape index (κ1) is 17.6. The minimum Gasteiger partial charge on any atom is -0.423 e. The van der Waals surface area contributed by atoms with E-state index in [0.29, 0.717) is 12.6 Å². The maximum Gasteiger partial charge on any atom is 0.298 e. The molecule has 27 heavy (non-hydrogen) atoms. The largest absolute Gasteiger partial charge is 0.423 e. The molecule has 0 N–H and O–H groups in total. The summed E-state index contributed by atoms with van der Waals surface area (Å²) in [5, 5.41) is 0. The molecule has 1 aliphatic rings. The van der Waals surface area contributed by atoms with Gasteiger partial charge in [-0.05, 0) is 43.0 Å². The normalized spacial score (nSPS) is 15.3. The van der Waals surface area contributed by atoms with Crippen LogP contribution in [0.15, 0.2) is 52.9 Å². The summed E-state index contributed by atoms with van der Waals surface area (Å²) in [5.74, 6) is 0.301. The van der Waals surface area contributed by atoms with Gasteiger partial charge in [-0.25, -0.2) is 0 Å². The van der Waals surface area contributed by atoms with Gasteiger partial charge < -0.3 is 14.2 Å². The van der Waals surface area contributed by atoms with Gasteiger partial charge in [0.2, 0.25) is 5.91 Å². The number of hydrogen-bond donors (Lipinski definition) is 0. The highest BCUT2D eigenvalue weighted by Gasteiger charge is 2.29. The number of aromatic nitrogens is 1. The molecular weight excluding hydrogens is 338 g/mol. The molecule has 3 aromatic rings. The summed E-state index contributed by atoms with van der Waals surface area (Å²) >= 11 is 0. The molecule has 5 heteroatoms. The Morgan fingerprint density at radius 3 is 2.59 bits per heavy atom. The predicted octanol–water partition coefficient (Wildman–Crippen LogP) is 4.01. The highest BCUT2D eigenvalue weighted by Crippen LogP contribution is 2.27. The predicted molar refractivity (Wildman–Crippen MR) is 107 cm³/mol. The molecule has 0 atom stereocenters. The molecule has 1 aromatic heterocycles. The van der Waals surface area contributed by atoms with Gasteiger partial charge >= 0.3 is 0 Å². The molecule has 2 heterocycles. The van der Waals surface area contributed by atoms with Crippen LogP contribution in [0.25, 0.3) is 11.1 Å². The second-order valence-corrected chi connectivity index (χ2v) is 7.35. The lowest BCUT2D eigenvalue weighted by Gasteiger charge is -2.32. The number of aryl methyl sites for hydroxylation is 1. The van der Waals surface area contributed by atoms with E-state index in [1.165, 1.54) is 11.1 Å². The van der Waals surface area contributed by atoms with Gasteiger partial charge in [0.25, 0.3) is 6.01 Å². The van der Waals surface area contributed by atoms with E-state index in [1.54, 1.807) is 0 Å². The average Bonchev–Trinajstić information content (AvgIpc) is 3.13. The summed E-state index contributed by atoms with van der Waals surface area (Å²) in [5.41, 5.74) is 4.12. The summed E-state index contributed by atoms with van der Waals surface area (Å²) in [4.78, 5) is 21.4. The van der Waals surface area contributed by atoms with Crippen molar-refractivity contribution in [2.45, 2.75) is 26.3 Å². The third-order valence-electron chi connectivity index (χ3n) is 5.44. The molecule has 140 valence electrons. The summed E-state index contributed by atoms with van der Waals surface area (Å²) in [6, 6.07) is 16.7. The molecule has 0 bridgehead atoms. The molecule has 1 aliphatic heterocycles. The number of carbonyl (C=O) groups excluding carboxylic acids is 1. The van der Waals surface area contributed by atoms with E-state index in [9.17, 15) is 4.79 Å². The van der Waals surface area contributed by atoms with E-state index in [2.05, 4.69) is 28.9 Å². The van der Waals surface area contributed by atoms with Crippen LogP contribution in [0.4, 0.5) is 6.01 Å². The maximum atomic E-state index is 12.9. The second kappa shape index (κ2) is 7.43. The number of oxazole rings is 1. The van der Waals surface area contributed by atoms with Crippen LogP contribution in [0, 0.1) is 12.8 Å². The Labute approximate surface area is 159 Å². The molecule has 0 unspecified atom stereocenters. The van der Waals surface area contributed by atoms with Gasteiger partial charge in [-0.15, -0.1) is 0 Å². The number of anilines is 1. The van der Waals surface area contributed by atoms with E-state index in [-0.39, 0.29) is 11.8 Å². The summed E-state index contributed by atoms with van der Waals surface area (Å²) in [6.07, 6.45) is 1.66. The third kappa shape index (κ3) is 3.68. The number of fused-ring (bicyclic) bond motifs is 1. The third-order valence-corrected chi connectivity index (χ3v) is 5.44. The van der Waals surface area contributed by atoms with Crippen molar-refractivity contribution in [2.24, 2.45) is 5.92 Å². The molecule has 1 amide bonds. The van der Waals surface area contributed by atoms with Gasteiger partial charge in [-0.1, -0.05) is 36.4 Å². The first-order chi connectivity index (χ1) is 13.1. The smallest absolute Gasteiger partial charge is 0.298 e. The number of hydrogen-bond acceptors (Lipinski definition) is 4. The Balaban J connectivity index is 1.36. The quantitative estimate of drug-likeness (QED) is 0.703. The van der Waals surface area contributed by atoms with Crippen molar-refractivity contribution >= 4 is 23.0 Å². The molecule has 5 nitrogen and oxygen atoms in total. The standard InChI is InChI=1S/C22H25N3O2/c1-16-7-3-4-8-18(16)15-24(2)21(26)17-11-13-25(14-12-17)22-23-19-9-5-6-10-20(19)27-22/h3-10,17H,11-15H2,1-2H3. The van der Waals surface area contributed by atoms with Gasteiger partial charge in [0.05, 0.1) is 0 Å². The van der Waals surface area contributed by atoms with Crippen molar-refractivity contribution in [3.63, 3.8) is 0 Å². The summed E-state index contributed by atoms with van der Waals surface area (Å²) in [7, 11) is 1.90. The van der Waals surface area contributed by atoms with Crippen LogP contribution in [-0.4, -0.2) is 35.9 Å². The molecule has 0 radical (unpaired) electrons. The topological polar surface area (TPSA) is 49.6 Å². The van der Waals surface area contributed by atoms with Gasteiger partial charge in [0, 0.05) is 32.6 Å². The number of rotatable bonds is 4. The van der Waals surface area contributed by atoms with Crippen molar-refractivity contribution in [3.8, 4) is 0 Å². The summed E-state index contributed by atoms with van der Waals surface area (Å²) in [6.45, 7) is 4.34. The molecule has 1 fully saturated rings. The zero-order valence-electron chi connectivity index (χ0n) is 15.9. The number of para-hydroxylation sites is 2. The zero-order valence-corrected chi connectivity index (χ0v) is 15.9. The summed E-state index contributed by atoms with van der Waals surface area (Å²) < 4.78 is 5.86. The molecule has 0 saturated carbocycles. The minimum atomic E-state index is 0.0691. The Morgan fingerprint density at radius 2 is 1.85 bits per heavy atom. The van der Waals surface area contributed by atoms with Crippen molar-refractivity contribution in [3.05, 3.63) is 59.7 Å². The maximum absolute atomic E-state index is 12.9. The number of benzene rings is 2. The van der Waals surface area contributed by atoms with Crippen molar-refractivity contribution in [2.75, 3.05) is 25.0 Å². The molecule has 1 saturated heterocycles. The zero-order chi connectivity index (χ0) is 18.8. The number of piperidine rings is 1. The van der Waals surface area contributed by atoms with E-state index in [1.807, 2.05) is 48.3 Å². The lowest BCUT2D eigenvalue weighted by molar-refractivity contribution is -0.135. The van der Waals surface area contributed by atoms with Crippen LogP contribution in [-0.2, 0) is 11.3 Å². The second-order valence-electron chi connectivity index (χ2n) is 7.35. The number of carbonyl (C=O) groups is 1. The highest BCUT2D eigenvalue weighted by molar-refractivity contribution is 5.79. The molecule has 0 aliphatic carbocycles. The van der Waals surface area contributed by atoms with Crippen molar-refractivity contribution in [1.82, 2.24) is 9.88 Å². The number of nitrogens with zero attached hydrogens (tertiary/aromatic N) is 3. The van der Waals surface area contributed by atoms with Crippen LogP contribution in [0.5, 0.6) is 0 Å². The molecule has 4 rings (SSSR count). The van der Waals surface area contributed by atoms with Crippen LogP contribution in [0.2, 0.25) is 0 Å². The first-order valence-electron chi connectivity index (χ1n) is 9.52. The Hall–Kier alpha value is -2.82. The Kier molecular flexibility index (Phi) is 4.84. The fourth-order valence-electron chi connectivity index (χ4n) is 3.75. The SMILES string of the molecule is Cc1ccccc1CN(C)C(=O)C1CCN(c2nc3ccccc3o2)CC1. The molecule has 0 spiro atoms. The van der Waals surface area contributed by atoms with Gasteiger partial charge in [0.15, 0.2) is 5.58 Å². The highest BCUT2D eigenvalue weighted by atomic mass is 16.4.